The minimum atomic E-state index is -1.45. The maximum Gasteiger partial charge on any atom is 0.411 e. The minimum absolute atomic E-state index is 0.0306. The second-order valence-electron chi connectivity index (χ2n) is 9.91. The van der Waals surface area contributed by atoms with Gasteiger partial charge in [0.1, 0.15) is 6.61 Å². The van der Waals surface area contributed by atoms with E-state index in [1.807, 2.05) is 78.9 Å². The second kappa shape index (κ2) is 12.7. The molecule has 0 bridgehead atoms. The summed E-state index contributed by atoms with van der Waals surface area (Å²) < 4.78 is 26.5. The fraction of sp³-hybridized carbons (Fsp3) is 0.182. The molecule has 2 atom stereocenters. The fourth-order valence-corrected chi connectivity index (χ4v) is 5.05. The molecule has 4 aromatic carbocycles. The average Bonchev–Trinajstić information content (AvgIpc) is 3.32. The molecule has 0 aliphatic heterocycles. The Bertz CT molecular complexity index is 1560. The van der Waals surface area contributed by atoms with Crippen molar-refractivity contribution in [2.24, 2.45) is 0 Å². The number of anilines is 1. The van der Waals surface area contributed by atoms with Gasteiger partial charge in [-0.15, -0.1) is 0 Å². The summed E-state index contributed by atoms with van der Waals surface area (Å²) in [6.07, 6.45) is -1.81. The third-order valence-electron chi connectivity index (χ3n) is 7.20. The quantitative estimate of drug-likeness (QED) is 0.217. The highest BCUT2D eigenvalue weighted by molar-refractivity contribution is 5.98. The van der Waals surface area contributed by atoms with Gasteiger partial charge >= 0.3 is 12.1 Å². The molecule has 3 N–H and O–H groups in total. The van der Waals surface area contributed by atoms with Gasteiger partial charge in [-0.1, -0.05) is 84.9 Å². The zero-order chi connectivity index (χ0) is 29.6. The van der Waals surface area contributed by atoms with Crippen LogP contribution in [0, 0.1) is 5.82 Å². The van der Waals surface area contributed by atoms with Crippen molar-refractivity contribution >= 4 is 23.7 Å². The molecule has 0 spiro atoms. The van der Waals surface area contributed by atoms with E-state index in [2.05, 4.69) is 10.6 Å². The summed E-state index contributed by atoms with van der Waals surface area (Å²) in [7, 11) is 0. The number of hydrogen-bond donors (Lipinski definition) is 3. The van der Waals surface area contributed by atoms with Crippen molar-refractivity contribution in [1.82, 2.24) is 5.32 Å². The van der Waals surface area contributed by atoms with Crippen LogP contribution in [0.2, 0.25) is 0 Å². The van der Waals surface area contributed by atoms with Crippen molar-refractivity contribution in [3.63, 3.8) is 0 Å². The van der Waals surface area contributed by atoms with Crippen LogP contribution in [0.5, 0.6) is 0 Å². The zero-order valence-corrected chi connectivity index (χ0v) is 22.8. The number of aliphatic carboxylic acids is 1. The lowest BCUT2D eigenvalue weighted by molar-refractivity contribution is -0.143. The van der Waals surface area contributed by atoms with Gasteiger partial charge in [-0.05, 0) is 46.9 Å². The van der Waals surface area contributed by atoms with Gasteiger partial charge < -0.3 is 19.9 Å². The van der Waals surface area contributed by atoms with Gasteiger partial charge in [0.25, 0.3) is 5.91 Å². The summed E-state index contributed by atoms with van der Waals surface area (Å²) in [5.41, 5.74) is 4.33. The van der Waals surface area contributed by atoms with Gasteiger partial charge in [0.05, 0.1) is 24.0 Å². The number of ether oxygens (including phenoxy) is 2. The van der Waals surface area contributed by atoms with E-state index < -0.39 is 41.5 Å². The Morgan fingerprint density at radius 3 is 2.12 bits per heavy atom. The predicted octanol–water partition coefficient (Wildman–Crippen LogP) is 5.98. The van der Waals surface area contributed by atoms with Crippen LogP contribution in [-0.2, 0) is 20.9 Å². The monoisotopic (exact) mass is 568 g/mol. The summed E-state index contributed by atoms with van der Waals surface area (Å²) in [5.74, 6) is -3.50. The number of nitrogens with one attached hydrogen (secondary N) is 2. The van der Waals surface area contributed by atoms with Gasteiger partial charge in [-0.2, -0.15) is 0 Å². The number of benzene rings is 4. The summed E-state index contributed by atoms with van der Waals surface area (Å²) in [5, 5.41) is 14.4. The SMILES string of the molecule is C[C@@H](OCc1ccccc1)[C@H](NC(=O)c1cccc(NC(=O)OCC2c3ccccc3-c3ccccc32)c1F)C(=O)O. The van der Waals surface area contributed by atoms with Crippen LogP contribution in [0.3, 0.4) is 0 Å². The van der Waals surface area contributed by atoms with Crippen LogP contribution in [0.4, 0.5) is 14.9 Å². The van der Waals surface area contributed by atoms with Gasteiger partial charge in [0.15, 0.2) is 11.9 Å². The number of halogens is 1. The molecular formula is C33H29FN2O6. The normalized spacial score (nSPS) is 13.4. The predicted molar refractivity (Wildman–Crippen MR) is 155 cm³/mol. The van der Waals surface area contributed by atoms with Crippen LogP contribution < -0.4 is 10.6 Å². The average molecular weight is 569 g/mol. The second-order valence-corrected chi connectivity index (χ2v) is 9.91. The van der Waals surface area contributed by atoms with Crippen LogP contribution in [0.25, 0.3) is 11.1 Å². The molecule has 1 aliphatic rings. The highest BCUT2D eigenvalue weighted by atomic mass is 19.1. The lowest BCUT2D eigenvalue weighted by atomic mass is 9.98. The first kappa shape index (κ1) is 28.5. The molecule has 0 fully saturated rings. The molecule has 0 unspecified atom stereocenters. The highest BCUT2D eigenvalue weighted by Crippen LogP contribution is 2.44. The molecule has 0 saturated carbocycles. The number of carbonyl (C=O) groups is 3. The van der Waals surface area contributed by atoms with E-state index in [0.717, 1.165) is 27.8 Å². The first-order chi connectivity index (χ1) is 20.3. The number of carbonyl (C=O) groups excluding carboxylic acids is 2. The molecule has 8 nitrogen and oxygen atoms in total. The molecule has 4 aromatic rings. The molecule has 0 heterocycles. The minimum Gasteiger partial charge on any atom is -0.480 e. The van der Waals surface area contributed by atoms with Gasteiger partial charge in [-0.3, -0.25) is 10.1 Å². The molecule has 5 rings (SSSR count). The fourth-order valence-electron chi connectivity index (χ4n) is 5.05. The van der Waals surface area contributed by atoms with Crippen LogP contribution in [0.1, 0.15) is 39.9 Å². The maximum absolute atomic E-state index is 15.3. The van der Waals surface area contributed by atoms with Crippen molar-refractivity contribution in [2.75, 3.05) is 11.9 Å². The Morgan fingerprint density at radius 1 is 0.857 bits per heavy atom. The van der Waals surface area contributed by atoms with Crippen molar-refractivity contribution in [2.45, 2.75) is 31.6 Å². The summed E-state index contributed by atoms with van der Waals surface area (Å²) >= 11 is 0. The van der Waals surface area contributed by atoms with Crippen molar-refractivity contribution < 1.29 is 33.4 Å². The van der Waals surface area contributed by atoms with E-state index in [-0.39, 0.29) is 24.8 Å². The number of amides is 2. The smallest absolute Gasteiger partial charge is 0.411 e. The van der Waals surface area contributed by atoms with E-state index in [4.69, 9.17) is 9.47 Å². The number of hydrogen-bond acceptors (Lipinski definition) is 5. The Morgan fingerprint density at radius 2 is 1.48 bits per heavy atom. The van der Waals surface area contributed by atoms with E-state index in [1.54, 1.807) is 0 Å². The Balaban J connectivity index is 1.22. The molecule has 0 aromatic heterocycles. The van der Waals surface area contributed by atoms with E-state index in [9.17, 15) is 19.5 Å². The number of carboxylic acid groups (broad SMARTS) is 1. The summed E-state index contributed by atoms with van der Waals surface area (Å²) in [4.78, 5) is 37.5. The first-order valence-electron chi connectivity index (χ1n) is 13.4. The van der Waals surface area contributed by atoms with Gasteiger partial charge in [0, 0.05) is 5.92 Å². The lowest BCUT2D eigenvalue weighted by Gasteiger charge is -2.22. The number of rotatable bonds is 10. The Kier molecular flexibility index (Phi) is 8.59. The first-order valence-corrected chi connectivity index (χ1v) is 13.4. The highest BCUT2D eigenvalue weighted by Gasteiger charge is 2.31. The largest absolute Gasteiger partial charge is 0.480 e. The third-order valence-corrected chi connectivity index (χ3v) is 7.20. The van der Waals surface area contributed by atoms with Crippen molar-refractivity contribution in [3.8, 4) is 11.1 Å². The molecule has 0 radical (unpaired) electrons. The molecule has 1 aliphatic carbocycles. The Labute approximate surface area is 242 Å². The number of carboxylic acids is 1. The Hall–Kier alpha value is -5.02. The molecular weight excluding hydrogens is 539 g/mol. The van der Waals surface area contributed by atoms with Crippen molar-refractivity contribution in [3.05, 3.63) is 125 Å². The van der Waals surface area contributed by atoms with Crippen LogP contribution in [-0.4, -0.2) is 41.8 Å². The maximum atomic E-state index is 15.3. The molecule has 214 valence electrons. The van der Waals surface area contributed by atoms with Crippen LogP contribution in [0.15, 0.2) is 97.1 Å². The number of fused-ring (bicyclic) bond motifs is 3. The van der Waals surface area contributed by atoms with Crippen molar-refractivity contribution in [1.29, 1.82) is 0 Å². The molecule has 2 amide bonds. The van der Waals surface area contributed by atoms with Crippen LogP contribution >= 0.6 is 0 Å². The molecule has 9 heteroatoms. The standard InChI is InChI=1S/C33H29FN2O6/c1-20(41-18-21-10-3-2-4-11-21)30(32(38)39)36-31(37)26-16-9-17-28(29(26)34)35-33(40)42-19-27-24-14-7-5-12-22(24)23-13-6-8-15-25(23)27/h2-17,20,27,30H,18-19H2,1H3,(H,35,40)(H,36,37)(H,38,39)/t20-,30+/m1/s1. The zero-order valence-electron chi connectivity index (χ0n) is 22.8. The van der Waals surface area contributed by atoms with Gasteiger partial charge in [-0.25, -0.2) is 14.0 Å². The third kappa shape index (κ3) is 6.16. The lowest BCUT2D eigenvalue weighted by Crippen LogP contribution is -2.48. The van der Waals surface area contributed by atoms with E-state index >= 15 is 4.39 Å². The van der Waals surface area contributed by atoms with E-state index in [0.29, 0.717) is 0 Å². The summed E-state index contributed by atoms with van der Waals surface area (Å²) in [6.45, 7) is 1.67. The van der Waals surface area contributed by atoms with E-state index in [1.165, 1.54) is 25.1 Å². The summed E-state index contributed by atoms with van der Waals surface area (Å²) in [6, 6.07) is 27.3. The molecule has 42 heavy (non-hydrogen) atoms. The topological polar surface area (TPSA) is 114 Å². The molecule has 0 saturated heterocycles. The van der Waals surface area contributed by atoms with Gasteiger partial charge in [0.2, 0.25) is 0 Å².